The fraction of sp³-hybridized carbons (Fsp3) is 0.375. The number of aromatic nitrogens is 1. The lowest BCUT2D eigenvalue weighted by atomic mass is 10.0. The summed E-state index contributed by atoms with van der Waals surface area (Å²) in [4.78, 5) is 3.86. The largest absolute Gasteiger partial charge is 0.352 e. The van der Waals surface area contributed by atoms with Crippen LogP contribution in [0.1, 0.15) is 11.9 Å². The van der Waals surface area contributed by atoms with Gasteiger partial charge in [-0.3, -0.25) is 4.98 Å². The number of ether oxygens (including phenoxy) is 2. The Kier molecular flexibility index (Phi) is 3.25. The Morgan fingerprint density at radius 3 is 2.58 bits per heavy atom. The minimum absolute atomic E-state index is 0.365. The molecule has 0 aliphatic carbocycles. The number of nitrogens with zero attached hydrogens (tertiary/aromatic N) is 1. The minimum atomic E-state index is -0.365. The first-order valence-corrected chi connectivity index (χ1v) is 3.55. The van der Waals surface area contributed by atoms with Crippen molar-refractivity contribution in [3.05, 3.63) is 23.9 Å². The van der Waals surface area contributed by atoms with Crippen LogP contribution in [0.2, 0.25) is 0 Å². The third-order valence-electron chi connectivity index (χ3n) is 1.51. The predicted octanol–water partition coefficient (Wildman–Crippen LogP) is 0.167. The molecule has 4 heteroatoms. The summed E-state index contributed by atoms with van der Waals surface area (Å²) in [6, 6.07) is 3.52. The van der Waals surface area contributed by atoms with Crippen LogP contribution in [0.3, 0.4) is 0 Å². The molecule has 2 radical (unpaired) electrons. The first-order valence-electron chi connectivity index (χ1n) is 3.55. The molecule has 0 aliphatic rings. The average Bonchev–Trinajstić information content (AvgIpc) is 2.07. The highest BCUT2D eigenvalue weighted by molar-refractivity contribution is 6.30. The Bertz CT molecular complexity index is 251. The molecule has 0 aromatic carbocycles. The van der Waals surface area contributed by atoms with E-state index in [1.54, 1.807) is 32.5 Å². The van der Waals surface area contributed by atoms with Gasteiger partial charge in [0.2, 0.25) is 0 Å². The molecule has 0 atom stereocenters. The van der Waals surface area contributed by atoms with Gasteiger partial charge in [0.25, 0.3) is 0 Å². The van der Waals surface area contributed by atoms with Crippen LogP contribution >= 0.6 is 0 Å². The molecular weight excluding hydrogens is 153 g/mol. The Hall–Kier alpha value is -0.865. The molecule has 0 amide bonds. The summed E-state index contributed by atoms with van der Waals surface area (Å²) in [5.41, 5.74) is 1.33. The van der Waals surface area contributed by atoms with Gasteiger partial charge in [-0.2, -0.15) is 0 Å². The van der Waals surface area contributed by atoms with Crippen molar-refractivity contribution in [1.82, 2.24) is 4.98 Å². The normalized spacial score (nSPS) is 10.6. The molecule has 3 nitrogen and oxygen atoms in total. The summed E-state index contributed by atoms with van der Waals surface area (Å²) in [7, 11) is 8.63. The van der Waals surface area contributed by atoms with Crippen molar-refractivity contribution in [3.8, 4) is 0 Å². The van der Waals surface area contributed by atoms with Gasteiger partial charge in [-0.15, -0.1) is 0 Å². The summed E-state index contributed by atoms with van der Waals surface area (Å²) in [6.45, 7) is 0. The Balaban J connectivity index is 2.85. The van der Waals surface area contributed by atoms with E-state index in [1.165, 1.54) is 0 Å². The van der Waals surface area contributed by atoms with Gasteiger partial charge >= 0.3 is 0 Å². The second-order valence-corrected chi connectivity index (χ2v) is 2.32. The summed E-state index contributed by atoms with van der Waals surface area (Å²) >= 11 is 0. The minimum Gasteiger partial charge on any atom is -0.352 e. The van der Waals surface area contributed by atoms with E-state index >= 15 is 0 Å². The maximum atomic E-state index is 5.48. The van der Waals surface area contributed by atoms with Gasteiger partial charge in [0.1, 0.15) is 7.85 Å². The van der Waals surface area contributed by atoms with Crippen LogP contribution in [-0.2, 0) is 9.47 Å². The Labute approximate surface area is 73.1 Å². The van der Waals surface area contributed by atoms with Gasteiger partial charge in [-0.1, -0.05) is 0 Å². The van der Waals surface area contributed by atoms with Crippen molar-refractivity contribution in [1.29, 1.82) is 0 Å². The fourth-order valence-electron chi connectivity index (χ4n) is 0.981. The van der Waals surface area contributed by atoms with Crippen LogP contribution in [0.25, 0.3) is 0 Å². The number of rotatable bonds is 3. The zero-order chi connectivity index (χ0) is 8.97. The van der Waals surface area contributed by atoms with E-state index in [1.807, 2.05) is 0 Å². The van der Waals surface area contributed by atoms with Crippen molar-refractivity contribution in [2.45, 2.75) is 6.29 Å². The van der Waals surface area contributed by atoms with Crippen molar-refractivity contribution in [2.24, 2.45) is 0 Å². The number of methoxy groups -OCH3 is 2. The number of pyridine rings is 1. The van der Waals surface area contributed by atoms with Crippen LogP contribution in [0.15, 0.2) is 18.3 Å². The molecule has 0 bridgehead atoms. The quantitative estimate of drug-likeness (QED) is 0.470. The molecule has 0 saturated heterocycles. The summed E-state index contributed by atoms with van der Waals surface area (Å²) in [5, 5.41) is 0. The highest BCUT2D eigenvalue weighted by Crippen LogP contribution is 2.14. The lowest BCUT2D eigenvalue weighted by Crippen LogP contribution is -2.12. The molecule has 1 aromatic rings. The molecule has 0 aliphatic heterocycles. The van der Waals surface area contributed by atoms with Gasteiger partial charge in [-0.05, 0) is 17.7 Å². The topological polar surface area (TPSA) is 31.4 Å². The van der Waals surface area contributed by atoms with E-state index in [0.29, 0.717) is 5.59 Å². The first-order chi connectivity index (χ1) is 5.77. The first kappa shape index (κ1) is 9.22. The van der Waals surface area contributed by atoms with Gasteiger partial charge in [0.05, 0.1) is 0 Å². The Morgan fingerprint density at radius 2 is 2.08 bits per heavy atom. The van der Waals surface area contributed by atoms with E-state index in [0.717, 1.165) is 5.56 Å². The maximum absolute atomic E-state index is 5.48. The smallest absolute Gasteiger partial charge is 0.183 e. The van der Waals surface area contributed by atoms with Crippen molar-refractivity contribution >= 4 is 13.4 Å². The van der Waals surface area contributed by atoms with E-state index in [2.05, 4.69) is 4.98 Å². The summed E-state index contributed by atoms with van der Waals surface area (Å²) in [5.74, 6) is 0. The Morgan fingerprint density at radius 1 is 1.42 bits per heavy atom. The average molecular weight is 163 g/mol. The summed E-state index contributed by atoms with van der Waals surface area (Å²) < 4.78 is 10.1. The van der Waals surface area contributed by atoms with E-state index in [4.69, 9.17) is 17.3 Å². The van der Waals surface area contributed by atoms with E-state index in [9.17, 15) is 0 Å². The van der Waals surface area contributed by atoms with Crippen molar-refractivity contribution < 1.29 is 9.47 Å². The third-order valence-corrected chi connectivity index (χ3v) is 1.51. The van der Waals surface area contributed by atoms with Crippen LogP contribution < -0.4 is 5.59 Å². The SMILES string of the molecule is [B]c1cc(C(OC)OC)ccn1. The summed E-state index contributed by atoms with van der Waals surface area (Å²) in [6.07, 6.45) is 1.26. The second kappa shape index (κ2) is 4.23. The number of hydrogen-bond donors (Lipinski definition) is 0. The molecule has 12 heavy (non-hydrogen) atoms. The fourth-order valence-corrected chi connectivity index (χ4v) is 0.981. The van der Waals surface area contributed by atoms with Gasteiger partial charge in [0.15, 0.2) is 6.29 Å². The van der Waals surface area contributed by atoms with Crippen LogP contribution in [0.5, 0.6) is 0 Å². The van der Waals surface area contributed by atoms with E-state index < -0.39 is 0 Å². The second-order valence-electron chi connectivity index (χ2n) is 2.32. The predicted molar refractivity (Wildman–Crippen MR) is 46.4 cm³/mol. The van der Waals surface area contributed by atoms with Gasteiger partial charge < -0.3 is 9.47 Å². The molecule has 62 valence electrons. The van der Waals surface area contributed by atoms with Crippen LogP contribution in [0, 0.1) is 0 Å². The molecule has 0 spiro atoms. The number of hydrogen-bond acceptors (Lipinski definition) is 3. The lowest BCUT2D eigenvalue weighted by molar-refractivity contribution is -0.106. The molecule has 1 aromatic heterocycles. The molecule has 1 heterocycles. The molecule has 0 saturated carbocycles. The van der Waals surface area contributed by atoms with Gasteiger partial charge in [0, 0.05) is 26.0 Å². The lowest BCUT2D eigenvalue weighted by Gasteiger charge is -2.13. The van der Waals surface area contributed by atoms with E-state index in [-0.39, 0.29) is 6.29 Å². The zero-order valence-corrected chi connectivity index (χ0v) is 7.15. The van der Waals surface area contributed by atoms with Crippen LogP contribution in [-0.4, -0.2) is 27.0 Å². The maximum Gasteiger partial charge on any atom is 0.183 e. The highest BCUT2D eigenvalue weighted by Gasteiger charge is 2.07. The molecule has 0 N–H and O–H groups in total. The monoisotopic (exact) mass is 163 g/mol. The molecule has 1 rings (SSSR count). The standard InChI is InChI=1S/C8H10BNO2/c1-11-8(12-2)6-3-4-10-7(9)5-6/h3-5,8H,1-2H3. The van der Waals surface area contributed by atoms with Crippen LogP contribution in [0.4, 0.5) is 0 Å². The van der Waals surface area contributed by atoms with Gasteiger partial charge in [-0.25, -0.2) is 0 Å². The van der Waals surface area contributed by atoms with Crippen molar-refractivity contribution in [3.63, 3.8) is 0 Å². The highest BCUT2D eigenvalue weighted by atomic mass is 16.7. The molecule has 0 unspecified atom stereocenters. The third kappa shape index (κ3) is 2.06. The molecule has 0 fully saturated rings. The van der Waals surface area contributed by atoms with Crippen molar-refractivity contribution in [2.75, 3.05) is 14.2 Å². The molecular formula is C8H10BNO2. The zero-order valence-electron chi connectivity index (χ0n) is 7.15.